The Hall–Kier alpha value is -0.900. The minimum atomic E-state index is -3.68. The van der Waals surface area contributed by atoms with E-state index in [1.54, 1.807) is 0 Å². The van der Waals surface area contributed by atoms with Crippen molar-refractivity contribution in [3.8, 4) is 0 Å². The van der Waals surface area contributed by atoms with Crippen LogP contribution in [0.3, 0.4) is 0 Å². The molecule has 0 atom stereocenters. The van der Waals surface area contributed by atoms with Gasteiger partial charge in [0.25, 0.3) is 0 Å². The Labute approximate surface area is 84.7 Å². The van der Waals surface area contributed by atoms with E-state index in [9.17, 15) is 12.8 Å². The maximum Gasteiger partial charge on any atom is 0.186 e. The van der Waals surface area contributed by atoms with Crippen molar-refractivity contribution >= 4 is 9.84 Å². The molecule has 2 nitrogen and oxygen atoms in total. The highest BCUT2D eigenvalue weighted by Gasteiger charge is 2.33. The lowest BCUT2D eigenvalue weighted by Gasteiger charge is -2.19. The van der Waals surface area contributed by atoms with E-state index in [1.165, 1.54) is 20.8 Å². The fourth-order valence-corrected chi connectivity index (χ4v) is 1.99. The Balaban J connectivity index is 5.75. The third-order valence-electron chi connectivity index (χ3n) is 1.70. The van der Waals surface area contributed by atoms with E-state index in [-0.39, 0.29) is 0 Å². The fourth-order valence-electron chi connectivity index (χ4n) is 0.766. The molecular weight excluding hydrogens is 203 g/mol. The van der Waals surface area contributed by atoms with Gasteiger partial charge in [-0.05, 0) is 32.9 Å². The molecule has 0 fully saturated rings. The van der Waals surface area contributed by atoms with E-state index < -0.39 is 25.3 Å². The second-order valence-electron chi connectivity index (χ2n) is 3.74. The molecule has 0 rings (SSSR count). The average molecular weight is 218 g/mol. The molecule has 0 unspecified atom stereocenters. The molecule has 0 aliphatic rings. The van der Waals surface area contributed by atoms with Gasteiger partial charge < -0.3 is 0 Å². The van der Waals surface area contributed by atoms with Crippen molar-refractivity contribution < 1.29 is 12.8 Å². The van der Waals surface area contributed by atoms with Gasteiger partial charge >= 0.3 is 0 Å². The van der Waals surface area contributed by atoms with Crippen molar-refractivity contribution in [2.45, 2.75) is 25.5 Å². The van der Waals surface area contributed by atoms with Crippen LogP contribution in [0.25, 0.3) is 0 Å². The Morgan fingerprint density at radius 3 is 1.86 bits per heavy atom. The standard InChI is InChI=1S/C10H15FO2S/c1-6-8(11)9(7-2)14(12,13)10(3,4)5/h6-7H,1-2H2,3-5H3. The summed E-state index contributed by atoms with van der Waals surface area (Å²) in [5.41, 5.74) is 0. The van der Waals surface area contributed by atoms with E-state index >= 15 is 0 Å². The molecule has 0 N–H and O–H groups in total. The zero-order valence-corrected chi connectivity index (χ0v) is 9.49. The van der Waals surface area contributed by atoms with Crippen LogP contribution < -0.4 is 0 Å². The lowest BCUT2D eigenvalue weighted by molar-refractivity contribution is 0.564. The highest BCUT2D eigenvalue weighted by molar-refractivity contribution is 7.96. The molecule has 0 heterocycles. The summed E-state index contributed by atoms with van der Waals surface area (Å²) < 4.78 is 35.6. The Kier molecular flexibility index (Phi) is 3.82. The molecule has 0 aromatic heterocycles. The van der Waals surface area contributed by atoms with Crippen molar-refractivity contribution in [2.75, 3.05) is 0 Å². The van der Waals surface area contributed by atoms with E-state index in [4.69, 9.17) is 0 Å². The van der Waals surface area contributed by atoms with Gasteiger partial charge in [-0.3, -0.25) is 0 Å². The predicted octanol–water partition coefficient (Wildman–Crippen LogP) is 2.75. The zero-order chi connectivity index (χ0) is 11.6. The molecular formula is C10H15FO2S. The van der Waals surface area contributed by atoms with Gasteiger partial charge in [0.2, 0.25) is 0 Å². The van der Waals surface area contributed by atoms with Gasteiger partial charge in [0.15, 0.2) is 9.84 Å². The molecule has 0 aromatic rings. The quantitative estimate of drug-likeness (QED) is 0.682. The number of allylic oxidation sites excluding steroid dienone is 3. The van der Waals surface area contributed by atoms with Crippen molar-refractivity contribution in [2.24, 2.45) is 0 Å². The molecule has 0 aromatic carbocycles. The summed E-state index contributed by atoms with van der Waals surface area (Å²) in [6.45, 7) is 11.0. The van der Waals surface area contributed by atoms with Gasteiger partial charge in [0.05, 0.1) is 4.75 Å². The summed E-state index contributed by atoms with van der Waals surface area (Å²) in [7, 11) is -3.68. The largest absolute Gasteiger partial charge is 0.223 e. The summed E-state index contributed by atoms with van der Waals surface area (Å²) in [4.78, 5) is -0.403. The molecule has 80 valence electrons. The van der Waals surface area contributed by atoms with Crippen molar-refractivity contribution in [1.29, 1.82) is 0 Å². The minimum Gasteiger partial charge on any atom is -0.223 e. The number of hydrogen-bond donors (Lipinski definition) is 0. The molecule has 14 heavy (non-hydrogen) atoms. The number of sulfone groups is 1. The molecule has 0 spiro atoms. The van der Waals surface area contributed by atoms with Crippen LogP contribution >= 0.6 is 0 Å². The minimum absolute atomic E-state index is 0.403. The van der Waals surface area contributed by atoms with Crippen LogP contribution in [0.5, 0.6) is 0 Å². The summed E-state index contributed by atoms with van der Waals surface area (Å²) in [5, 5.41) is 0. The van der Waals surface area contributed by atoms with E-state index in [0.29, 0.717) is 0 Å². The molecule has 0 aliphatic heterocycles. The molecule has 0 radical (unpaired) electrons. The topological polar surface area (TPSA) is 34.1 Å². The van der Waals surface area contributed by atoms with Crippen LogP contribution in [0.1, 0.15) is 20.8 Å². The molecule has 0 bridgehead atoms. The first-order valence-electron chi connectivity index (χ1n) is 4.07. The van der Waals surface area contributed by atoms with Gasteiger partial charge in [-0.1, -0.05) is 13.2 Å². The number of hydrogen-bond acceptors (Lipinski definition) is 2. The highest BCUT2D eigenvalue weighted by Crippen LogP contribution is 2.27. The summed E-state index contributed by atoms with van der Waals surface area (Å²) in [6, 6.07) is 0. The molecule has 0 amide bonds. The van der Waals surface area contributed by atoms with Crippen LogP contribution in [0.15, 0.2) is 36.0 Å². The van der Waals surface area contributed by atoms with Gasteiger partial charge in [-0.2, -0.15) is 0 Å². The first kappa shape index (κ1) is 13.1. The summed E-state index contributed by atoms with van der Waals surface area (Å²) in [6.07, 6.45) is 1.86. The molecule has 0 aliphatic carbocycles. The lowest BCUT2D eigenvalue weighted by atomic mass is 10.3. The number of halogens is 1. The second kappa shape index (κ2) is 4.09. The third-order valence-corrected chi connectivity index (χ3v) is 4.25. The van der Waals surface area contributed by atoms with Crippen molar-refractivity contribution in [3.63, 3.8) is 0 Å². The first-order chi connectivity index (χ1) is 6.18. The van der Waals surface area contributed by atoms with Crippen LogP contribution in [0.4, 0.5) is 4.39 Å². The van der Waals surface area contributed by atoms with Gasteiger partial charge in [-0.25, -0.2) is 12.8 Å². The summed E-state index contributed by atoms with van der Waals surface area (Å²) in [5.74, 6) is -0.866. The highest BCUT2D eigenvalue weighted by atomic mass is 32.2. The maximum atomic E-state index is 13.1. The zero-order valence-electron chi connectivity index (χ0n) is 8.67. The maximum absolute atomic E-state index is 13.1. The average Bonchev–Trinajstić information content (AvgIpc) is 2.02. The van der Waals surface area contributed by atoms with Crippen LogP contribution in [0.2, 0.25) is 0 Å². The van der Waals surface area contributed by atoms with Gasteiger partial charge in [0.1, 0.15) is 10.7 Å². The first-order valence-corrected chi connectivity index (χ1v) is 5.56. The Morgan fingerprint density at radius 1 is 1.21 bits per heavy atom. The predicted molar refractivity (Wildman–Crippen MR) is 57.2 cm³/mol. The molecule has 4 heteroatoms. The molecule has 0 saturated carbocycles. The van der Waals surface area contributed by atoms with Crippen LogP contribution in [-0.2, 0) is 9.84 Å². The third kappa shape index (κ3) is 2.32. The van der Waals surface area contributed by atoms with Crippen LogP contribution in [-0.4, -0.2) is 13.2 Å². The van der Waals surface area contributed by atoms with Gasteiger partial charge in [0, 0.05) is 0 Å². The summed E-state index contributed by atoms with van der Waals surface area (Å²) >= 11 is 0. The Bertz CT molecular complexity index is 369. The lowest BCUT2D eigenvalue weighted by Crippen LogP contribution is -2.29. The smallest absolute Gasteiger partial charge is 0.186 e. The normalized spacial score (nSPS) is 14.6. The monoisotopic (exact) mass is 218 g/mol. The Morgan fingerprint density at radius 2 is 1.64 bits per heavy atom. The number of rotatable bonds is 3. The van der Waals surface area contributed by atoms with E-state index in [2.05, 4.69) is 13.2 Å². The van der Waals surface area contributed by atoms with Crippen molar-refractivity contribution in [1.82, 2.24) is 0 Å². The van der Waals surface area contributed by atoms with E-state index in [1.807, 2.05) is 0 Å². The van der Waals surface area contributed by atoms with E-state index in [0.717, 1.165) is 12.2 Å². The molecule has 0 saturated heterocycles. The second-order valence-corrected chi connectivity index (χ2v) is 6.41. The SMILES string of the molecule is C=CC(F)=C(C=C)S(=O)(=O)C(C)(C)C. The fraction of sp³-hybridized carbons (Fsp3) is 0.400. The van der Waals surface area contributed by atoms with Crippen LogP contribution in [0, 0.1) is 0 Å². The van der Waals surface area contributed by atoms with Gasteiger partial charge in [-0.15, -0.1) is 0 Å². The van der Waals surface area contributed by atoms with Crippen molar-refractivity contribution in [3.05, 3.63) is 36.0 Å².